The van der Waals surface area contributed by atoms with Crippen LogP contribution in [0.4, 0.5) is 21.6 Å². The topological polar surface area (TPSA) is 96.8 Å². The van der Waals surface area contributed by atoms with Gasteiger partial charge in [0.1, 0.15) is 17.4 Å². The van der Waals surface area contributed by atoms with Crippen molar-refractivity contribution < 1.29 is 23.8 Å². The van der Waals surface area contributed by atoms with Gasteiger partial charge in [-0.15, -0.1) is 0 Å². The molecule has 2 N–H and O–H groups in total. The van der Waals surface area contributed by atoms with Crippen LogP contribution in [0.15, 0.2) is 60.7 Å². The lowest BCUT2D eigenvalue weighted by Crippen LogP contribution is -2.39. The van der Waals surface area contributed by atoms with Crippen LogP contribution in [0.25, 0.3) is 11.1 Å². The Balaban J connectivity index is 1.64. The molecule has 0 bridgehead atoms. The van der Waals surface area contributed by atoms with Crippen molar-refractivity contribution in [2.75, 3.05) is 29.9 Å². The number of rotatable bonds is 11. The van der Waals surface area contributed by atoms with E-state index in [0.717, 1.165) is 65.4 Å². The van der Waals surface area contributed by atoms with Crippen LogP contribution in [0, 0.1) is 32.0 Å². The lowest BCUT2D eigenvalue weighted by Gasteiger charge is -2.41. The predicted octanol–water partition coefficient (Wildman–Crippen LogP) is 9.14. The molecule has 9 heteroatoms. The van der Waals surface area contributed by atoms with E-state index in [1.807, 2.05) is 77.9 Å². The van der Waals surface area contributed by atoms with Gasteiger partial charge in [-0.25, -0.2) is 14.2 Å². The first-order chi connectivity index (χ1) is 23.1. The molecule has 0 saturated carbocycles. The number of carboxylic acid groups (broad SMARTS) is 1. The SMILES string of the molecule is Cc1ccc(Nc2nc(C)c([C@H](OC(C)(C)C)C(=O)O)c(N3CCC(C)(C)CC3)c2-c2ccc(OCCc3ccc(F)cc3)cc2)c(C)n1. The summed E-state index contributed by atoms with van der Waals surface area (Å²) in [4.78, 5) is 25.0. The zero-order valence-electron chi connectivity index (χ0n) is 30.0. The number of ether oxygens (including phenoxy) is 2. The fourth-order valence-electron chi connectivity index (χ4n) is 6.23. The molecule has 0 spiro atoms. The summed E-state index contributed by atoms with van der Waals surface area (Å²) >= 11 is 0. The summed E-state index contributed by atoms with van der Waals surface area (Å²) in [7, 11) is 0. The molecule has 2 aromatic carbocycles. The molecule has 3 heterocycles. The average molecular weight is 669 g/mol. The first-order valence-corrected chi connectivity index (χ1v) is 17.0. The number of aromatic nitrogens is 2. The monoisotopic (exact) mass is 668 g/mol. The van der Waals surface area contributed by atoms with Crippen LogP contribution in [-0.2, 0) is 16.0 Å². The summed E-state index contributed by atoms with van der Waals surface area (Å²) in [5.41, 5.74) is 6.62. The van der Waals surface area contributed by atoms with Crippen LogP contribution in [0.2, 0.25) is 0 Å². The molecule has 49 heavy (non-hydrogen) atoms. The molecular weight excluding hydrogens is 619 g/mol. The van der Waals surface area contributed by atoms with E-state index in [4.69, 9.17) is 14.5 Å². The number of nitrogens with zero attached hydrogens (tertiary/aromatic N) is 3. The molecule has 1 saturated heterocycles. The van der Waals surface area contributed by atoms with Gasteiger partial charge in [0, 0.05) is 42.0 Å². The molecule has 1 fully saturated rings. The van der Waals surface area contributed by atoms with E-state index in [1.54, 1.807) is 12.1 Å². The third-order valence-corrected chi connectivity index (χ3v) is 8.98. The first-order valence-electron chi connectivity index (χ1n) is 17.0. The van der Waals surface area contributed by atoms with Gasteiger partial charge in [-0.3, -0.25) is 4.98 Å². The standard InChI is InChI=1S/C40H49FN4O4/c1-25-9-18-32(26(2)42-25)44-37-34(29-12-16-31(17-13-29)48-24-19-28-10-14-30(41)15-11-28)35(45-22-20-40(7,8)21-23-45)33(27(3)43-37)36(38(46)47)49-39(4,5)6/h9-18,36H,19-24H2,1-8H3,(H,43,44)(H,46,47)/t36-/m0/s1. The minimum Gasteiger partial charge on any atom is -0.493 e. The third kappa shape index (κ3) is 8.95. The highest BCUT2D eigenvalue weighted by Gasteiger charge is 2.37. The number of halogens is 1. The summed E-state index contributed by atoms with van der Waals surface area (Å²) in [5.74, 6) is -0.0165. The number of nitrogens with one attached hydrogen (secondary N) is 1. The van der Waals surface area contributed by atoms with E-state index >= 15 is 0 Å². The molecular formula is C40H49FN4O4. The van der Waals surface area contributed by atoms with Crippen molar-refractivity contribution in [3.8, 4) is 16.9 Å². The number of pyridine rings is 2. The molecule has 8 nitrogen and oxygen atoms in total. The van der Waals surface area contributed by atoms with E-state index in [9.17, 15) is 14.3 Å². The highest BCUT2D eigenvalue weighted by atomic mass is 19.1. The summed E-state index contributed by atoms with van der Waals surface area (Å²) in [5, 5.41) is 14.2. The van der Waals surface area contributed by atoms with Gasteiger partial charge in [-0.1, -0.05) is 38.1 Å². The molecule has 0 amide bonds. The van der Waals surface area contributed by atoms with Gasteiger partial charge in [0.2, 0.25) is 0 Å². The van der Waals surface area contributed by atoms with Crippen molar-refractivity contribution in [2.24, 2.45) is 5.41 Å². The van der Waals surface area contributed by atoms with Crippen molar-refractivity contribution >= 4 is 23.2 Å². The Morgan fingerprint density at radius 3 is 2.20 bits per heavy atom. The van der Waals surface area contributed by atoms with Gasteiger partial charge in [0.15, 0.2) is 6.10 Å². The van der Waals surface area contributed by atoms with Crippen molar-refractivity contribution in [1.82, 2.24) is 9.97 Å². The molecule has 0 unspecified atom stereocenters. The van der Waals surface area contributed by atoms with Crippen molar-refractivity contribution in [2.45, 2.75) is 86.4 Å². The third-order valence-electron chi connectivity index (χ3n) is 8.98. The summed E-state index contributed by atoms with van der Waals surface area (Å²) in [6, 6.07) is 18.2. The Labute approximate surface area is 289 Å². The Bertz CT molecular complexity index is 1770. The number of carboxylic acids is 1. The maximum absolute atomic E-state index is 13.3. The quantitative estimate of drug-likeness (QED) is 0.163. The van der Waals surface area contributed by atoms with Crippen LogP contribution < -0.4 is 15.0 Å². The number of piperidine rings is 1. The zero-order chi connectivity index (χ0) is 35.5. The molecule has 0 aliphatic carbocycles. The number of aryl methyl sites for hydroxylation is 3. The normalized spacial score (nSPS) is 15.2. The van der Waals surface area contributed by atoms with E-state index in [0.29, 0.717) is 35.9 Å². The smallest absolute Gasteiger partial charge is 0.337 e. The fraction of sp³-hybridized carbons (Fsp3) is 0.425. The number of anilines is 3. The minimum atomic E-state index is -1.23. The summed E-state index contributed by atoms with van der Waals surface area (Å²) < 4.78 is 25.7. The number of carbonyl (C=O) groups is 1. The van der Waals surface area contributed by atoms with Crippen LogP contribution in [-0.4, -0.2) is 46.3 Å². The largest absolute Gasteiger partial charge is 0.493 e. The van der Waals surface area contributed by atoms with Gasteiger partial charge >= 0.3 is 5.97 Å². The van der Waals surface area contributed by atoms with Gasteiger partial charge in [-0.05, 0) is 107 Å². The molecule has 1 aliphatic rings. The van der Waals surface area contributed by atoms with Crippen LogP contribution in [0.1, 0.15) is 81.8 Å². The van der Waals surface area contributed by atoms with Crippen LogP contribution >= 0.6 is 0 Å². The molecule has 2 aromatic heterocycles. The second-order valence-electron chi connectivity index (χ2n) is 14.7. The van der Waals surface area contributed by atoms with E-state index in [-0.39, 0.29) is 11.2 Å². The lowest BCUT2D eigenvalue weighted by atomic mass is 9.82. The number of hydrogen-bond acceptors (Lipinski definition) is 7. The van der Waals surface area contributed by atoms with Gasteiger partial charge in [0.25, 0.3) is 0 Å². The average Bonchev–Trinajstić information content (AvgIpc) is 3.02. The summed E-state index contributed by atoms with van der Waals surface area (Å²) in [6.45, 7) is 17.9. The number of benzene rings is 2. The van der Waals surface area contributed by atoms with Gasteiger partial charge in [0.05, 0.1) is 29.3 Å². The highest BCUT2D eigenvalue weighted by molar-refractivity contribution is 5.93. The van der Waals surface area contributed by atoms with Crippen molar-refractivity contribution in [1.29, 1.82) is 0 Å². The summed E-state index contributed by atoms with van der Waals surface area (Å²) in [6.07, 6.45) is 1.32. The Kier molecular flexibility index (Phi) is 10.6. The minimum absolute atomic E-state index is 0.172. The highest BCUT2D eigenvalue weighted by Crippen LogP contribution is 2.47. The first kappa shape index (κ1) is 35.8. The predicted molar refractivity (Wildman–Crippen MR) is 193 cm³/mol. The van der Waals surface area contributed by atoms with Gasteiger partial charge < -0.3 is 24.8 Å². The second-order valence-corrected chi connectivity index (χ2v) is 14.7. The second kappa shape index (κ2) is 14.5. The van der Waals surface area contributed by atoms with E-state index < -0.39 is 17.7 Å². The number of aliphatic carboxylic acids is 1. The molecule has 4 aromatic rings. The maximum Gasteiger partial charge on any atom is 0.337 e. The van der Waals surface area contributed by atoms with Gasteiger partial charge in [-0.2, -0.15) is 0 Å². The molecule has 0 radical (unpaired) electrons. The van der Waals surface area contributed by atoms with E-state index in [2.05, 4.69) is 29.0 Å². The van der Waals surface area contributed by atoms with E-state index in [1.165, 1.54) is 12.1 Å². The van der Waals surface area contributed by atoms with Crippen molar-refractivity contribution in [3.63, 3.8) is 0 Å². The molecule has 1 atom stereocenters. The molecule has 1 aliphatic heterocycles. The molecule has 260 valence electrons. The Morgan fingerprint density at radius 1 is 0.959 bits per heavy atom. The maximum atomic E-state index is 13.3. The Hall–Kier alpha value is -4.50. The zero-order valence-corrected chi connectivity index (χ0v) is 30.0. The van der Waals surface area contributed by atoms with Crippen LogP contribution in [0.5, 0.6) is 5.75 Å². The lowest BCUT2D eigenvalue weighted by molar-refractivity contribution is -0.160. The number of hydrogen-bond donors (Lipinski definition) is 2. The van der Waals surface area contributed by atoms with Crippen molar-refractivity contribution in [3.05, 3.63) is 94.7 Å². The fourth-order valence-corrected chi connectivity index (χ4v) is 6.23. The van der Waals surface area contributed by atoms with Crippen LogP contribution in [0.3, 0.4) is 0 Å². The Morgan fingerprint density at radius 2 is 1.61 bits per heavy atom. The molecule has 5 rings (SSSR count).